The number of carbonyl (C=O) groups excluding carboxylic acids is 2. The third-order valence-corrected chi connectivity index (χ3v) is 19.0. The molecule has 0 saturated carbocycles. The number of aliphatic hydroxyl groups is 2. The molecule has 0 aliphatic heterocycles. The number of nitrogens with one attached hydrogen (secondary N) is 1. The average Bonchev–Trinajstić information content (AvgIpc) is 3.58. The van der Waals surface area contributed by atoms with Gasteiger partial charge in [-0.2, -0.15) is 0 Å². The lowest BCUT2D eigenvalue weighted by Gasteiger charge is -2.20. The van der Waals surface area contributed by atoms with Crippen LogP contribution >= 0.6 is 0 Å². The third-order valence-electron chi connectivity index (χ3n) is 19.0. The van der Waals surface area contributed by atoms with Gasteiger partial charge in [0.15, 0.2) is 0 Å². The molecule has 0 aromatic heterocycles. The first-order chi connectivity index (χ1) is 43.0. The van der Waals surface area contributed by atoms with Crippen LogP contribution in [0.5, 0.6) is 0 Å². The molecule has 0 spiro atoms. The van der Waals surface area contributed by atoms with E-state index < -0.39 is 12.1 Å². The highest BCUT2D eigenvalue weighted by Gasteiger charge is 2.18. The van der Waals surface area contributed by atoms with Crippen LogP contribution in [-0.4, -0.2) is 47.4 Å². The SMILES string of the molecule is CCCCCCCCCCCCCCCCCCCCCC/C=C/C(O)C(CO)NC(=O)CCCCCCCCCCCCCCCCCCC/C=C\CCCCCCCCCCCCCCOC(=O)CCCCCCCCCCCCCCCCC. The Balaban J connectivity index is 3.36. The first kappa shape index (κ1) is 85.3. The second-order valence-corrected chi connectivity index (χ2v) is 27.8. The van der Waals surface area contributed by atoms with Crippen LogP contribution in [0, 0.1) is 0 Å². The number of hydrogen-bond acceptors (Lipinski definition) is 5. The number of rotatable bonds is 76. The van der Waals surface area contributed by atoms with E-state index in [2.05, 4.69) is 31.3 Å². The van der Waals surface area contributed by atoms with Gasteiger partial charge in [0, 0.05) is 12.8 Å². The summed E-state index contributed by atoms with van der Waals surface area (Å²) in [5, 5.41) is 23.3. The summed E-state index contributed by atoms with van der Waals surface area (Å²) in [4.78, 5) is 24.6. The molecule has 2 atom stereocenters. The van der Waals surface area contributed by atoms with Gasteiger partial charge in [0.2, 0.25) is 5.91 Å². The topological polar surface area (TPSA) is 95.9 Å². The summed E-state index contributed by atoms with van der Waals surface area (Å²) in [7, 11) is 0. The Morgan fingerprint density at radius 2 is 0.540 bits per heavy atom. The highest BCUT2D eigenvalue weighted by molar-refractivity contribution is 5.76. The second-order valence-electron chi connectivity index (χ2n) is 27.8. The van der Waals surface area contributed by atoms with E-state index in [1.54, 1.807) is 6.08 Å². The van der Waals surface area contributed by atoms with Crippen molar-refractivity contribution in [2.24, 2.45) is 0 Å². The van der Waals surface area contributed by atoms with E-state index in [-0.39, 0.29) is 18.5 Å². The fourth-order valence-electron chi connectivity index (χ4n) is 12.9. The normalized spacial score (nSPS) is 12.6. The minimum atomic E-state index is -0.843. The largest absolute Gasteiger partial charge is 0.466 e. The van der Waals surface area contributed by atoms with Crippen LogP contribution in [0.3, 0.4) is 0 Å². The van der Waals surface area contributed by atoms with E-state index >= 15 is 0 Å². The van der Waals surface area contributed by atoms with Crippen LogP contribution in [0.4, 0.5) is 0 Å². The number of carbonyl (C=O) groups is 2. The van der Waals surface area contributed by atoms with Gasteiger partial charge >= 0.3 is 5.97 Å². The molecule has 0 aliphatic carbocycles. The van der Waals surface area contributed by atoms with Gasteiger partial charge < -0.3 is 20.3 Å². The molecule has 3 N–H and O–H groups in total. The molecule has 0 fully saturated rings. The van der Waals surface area contributed by atoms with Gasteiger partial charge in [-0.25, -0.2) is 0 Å². The van der Waals surface area contributed by atoms with E-state index in [0.717, 1.165) is 38.5 Å². The van der Waals surface area contributed by atoms with Crippen molar-refractivity contribution in [1.29, 1.82) is 0 Å². The first-order valence-electron chi connectivity index (χ1n) is 40.1. The summed E-state index contributed by atoms with van der Waals surface area (Å²) >= 11 is 0. The predicted octanol–water partition coefficient (Wildman–Crippen LogP) is 26.4. The average molecular weight is 1230 g/mol. The molecule has 0 rings (SSSR count). The van der Waals surface area contributed by atoms with Gasteiger partial charge in [0.05, 0.1) is 25.4 Å². The maximum Gasteiger partial charge on any atom is 0.305 e. The van der Waals surface area contributed by atoms with Crippen molar-refractivity contribution in [3.63, 3.8) is 0 Å². The quantitative estimate of drug-likeness (QED) is 0.0320. The summed E-state index contributed by atoms with van der Waals surface area (Å²) in [6.07, 6.45) is 98.8. The second kappa shape index (κ2) is 76.8. The van der Waals surface area contributed by atoms with E-state index in [4.69, 9.17) is 4.74 Å². The van der Waals surface area contributed by atoms with Crippen molar-refractivity contribution in [2.45, 2.75) is 469 Å². The Morgan fingerprint density at radius 1 is 0.310 bits per heavy atom. The molecule has 6 heteroatoms. The van der Waals surface area contributed by atoms with E-state index in [0.29, 0.717) is 19.4 Å². The maximum absolute atomic E-state index is 12.5. The van der Waals surface area contributed by atoms with E-state index in [9.17, 15) is 19.8 Å². The number of amides is 1. The molecular formula is C81H157NO5. The lowest BCUT2D eigenvalue weighted by atomic mass is 10.0. The van der Waals surface area contributed by atoms with Crippen molar-refractivity contribution in [3.8, 4) is 0 Å². The Morgan fingerprint density at radius 3 is 0.816 bits per heavy atom. The standard InChI is InChI=1S/C81H157NO5/c1-3-5-7-9-11-13-15-17-19-20-21-22-36-39-42-46-49-53-57-61-65-69-73-79(84)78(77-83)82-80(85)74-70-66-62-58-54-50-47-43-40-37-34-32-30-28-26-24-23-25-27-29-31-33-35-38-41-44-48-52-56-60-64-68-72-76-87-81(86)75-71-67-63-59-55-51-45-18-16-14-12-10-8-6-4-2/h27,29,69,73,78-79,83-84H,3-26,28,30-68,70-72,74-77H2,1-2H3,(H,82,85)/b29-27-,73-69+. The van der Waals surface area contributed by atoms with Crippen molar-refractivity contribution < 1.29 is 24.5 Å². The molecule has 0 radical (unpaired) electrons. The molecule has 2 unspecified atom stereocenters. The van der Waals surface area contributed by atoms with Crippen LogP contribution in [-0.2, 0) is 14.3 Å². The summed E-state index contributed by atoms with van der Waals surface area (Å²) in [5.41, 5.74) is 0. The predicted molar refractivity (Wildman–Crippen MR) is 384 cm³/mol. The molecular weight excluding hydrogens is 1070 g/mol. The van der Waals surface area contributed by atoms with Crippen molar-refractivity contribution in [1.82, 2.24) is 5.32 Å². The summed E-state index contributed by atoms with van der Waals surface area (Å²) < 4.78 is 5.51. The Bertz CT molecular complexity index is 1360. The minimum absolute atomic E-state index is 0.0224. The molecule has 0 heterocycles. The highest BCUT2D eigenvalue weighted by Crippen LogP contribution is 2.20. The minimum Gasteiger partial charge on any atom is -0.466 e. The molecule has 0 bridgehead atoms. The molecule has 1 amide bonds. The fraction of sp³-hybridized carbons (Fsp3) is 0.926. The summed E-state index contributed by atoms with van der Waals surface area (Å²) in [6.45, 7) is 4.96. The van der Waals surface area contributed by atoms with Gasteiger partial charge in [-0.3, -0.25) is 9.59 Å². The first-order valence-corrected chi connectivity index (χ1v) is 40.1. The molecule has 516 valence electrons. The third kappa shape index (κ3) is 73.3. The molecule has 6 nitrogen and oxygen atoms in total. The number of aliphatic hydroxyl groups excluding tert-OH is 2. The Hall–Kier alpha value is -1.66. The van der Waals surface area contributed by atoms with Crippen LogP contribution in [0.25, 0.3) is 0 Å². The van der Waals surface area contributed by atoms with Crippen LogP contribution in [0.1, 0.15) is 457 Å². The zero-order chi connectivity index (χ0) is 62.8. The Kier molecular flexibility index (Phi) is 75.3. The smallest absolute Gasteiger partial charge is 0.305 e. The van der Waals surface area contributed by atoms with Crippen molar-refractivity contribution in [3.05, 3.63) is 24.3 Å². The van der Waals surface area contributed by atoms with Crippen LogP contribution in [0.2, 0.25) is 0 Å². The molecule has 87 heavy (non-hydrogen) atoms. The van der Waals surface area contributed by atoms with Crippen LogP contribution in [0.15, 0.2) is 24.3 Å². The van der Waals surface area contributed by atoms with Gasteiger partial charge in [-0.15, -0.1) is 0 Å². The van der Waals surface area contributed by atoms with Gasteiger partial charge in [0.25, 0.3) is 0 Å². The highest BCUT2D eigenvalue weighted by atomic mass is 16.5. The molecule has 0 aromatic rings. The lowest BCUT2D eigenvalue weighted by Crippen LogP contribution is -2.45. The van der Waals surface area contributed by atoms with E-state index in [1.165, 1.54) is 392 Å². The van der Waals surface area contributed by atoms with Crippen molar-refractivity contribution in [2.75, 3.05) is 13.2 Å². The molecule has 0 saturated heterocycles. The molecule has 0 aliphatic rings. The van der Waals surface area contributed by atoms with E-state index in [1.807, 2.05) is 6.08 Å². The fourth-order valence-corrected chi connectivity index (χ4v) is 12.9. The van der Waals surface area contributed by atoms with Gasteiger partial charge in [0.1, 0.15) is 0 Å². The van der Waals surface area contributed by atoms with Crippen molar-refractivity contribution >= 4 is 11.9 Å². The maximum atomic E-state index is 12.5. The summed E-state index contributed by atoms with van der Waals surface area (Å²) in [6, 6.07) is -0.626. The number of allylic oxidation sites excluding steroid dienone is 3. The monoisotopic (exact) mass is 1220 g/mol. The Labute approximate surface area is 545 Å². The number of esters is 1. The van der Waals surface area contributed by atoms with Crippen LogP contribution < -0.4 is 5.32 Å². The van der Waals surface area contributed by atoms with Gasteiger partial charge in [-0.1, -0.05) is 411 Å². The molecule has 0 aromatic carbocycles. The lowest BCUT2D eigenvalue weighted by molar-refractivity contribution is -0.143. The number of ether oxygens (including phenoxy) is 1. The summed E-state index contributed by atoms with van der Waals surface area (Å²) in [5.74, 6) is -0.0374. The van der Waals surface area contributed by atoms with Gasteiger partial charge in [-0.05, 0) is 57.8 Å². The zero-order valence-electron chi connectivity index (χ0n) is 59.3. The number of unbranched alkanes of at least 4 members (excludes halogenated alkanes) is 63. The number of hydrogen-bond donors (Lipinski definition) is 3. The zero-order valence-corrected chi connectivity index (χ0v) is 59.3.